The number of hydrazine groups is 1. The summed E-state index contributed by atoms with van der Waals surface area (Å²) in [5.41, 5.74) is 5.51. The number of carbonyl (C=O) groups is 2. The molecule has 0 spiro atoms. The molecule has 148 valence electrons. The maximum atomic E-state index is 11.4. The van der Waals surface area contributed by atoms with Gasteiger partial charge >= 0.3 is 0 Å². The first-order valence-electron chi connectivity index (χ1n) is 9.58. The lowest BCUT2D eigenvalue weighted by Gasteiger charge is -2.34. The summed E-state index contributed by atoms with van der Waals surface area (Å²) >= 11 is 0. The van der Waals surface area contributed by atoms with Crippen LogP contribution in [0.5, 0.6) is 0 Å². The number of nitrogens with one attached hydrogen (secondary N) is 1. The van der Waals surface area contributed by atoms with Crippen molar-refractivity contribution in [1.29, 1.82) is 0 Å². The van der Waals surface area contributed by atoms with Gasteiger partial charge in [-0.2, -0.15) is 0 Å². The van der Waals surface area contributed by atoms with Crippen molar-refractivity contribution < 1.29 is 9.59 Å². The minimum Gasteiger partial charge on any atom is -0.353 e. The number of nitrogens with two attached hydrogens (primary N) is 1. The van der Waals surface area contributed by atoms with Crippen molar-refractivity contribution in [3.63, 3.8) is 0 Å². The molecule has 1 fully saturated rings. The summed E-state index contributed by atoms with van der Waals surface area (Å²) in [4.78, 5) is 31.4. The average Bonchev–Trinajstić information content (AvgIpc) is 2.73. The molecule has 1 aliphatic heterocycles. The van der Waals surface area contributed by atoms with Gasteiger partial charge in [0.2, 0.25) is 11.8 Å². The van der Waals surface area contributed by atoms with Crippen LogP contribution >= 0.6 is 0 Å². The molecule has 0 bridgehead atoms. The van der Waals surface area contributed by atoms with Gasteiger partial charge in [0, 0.05) is 39.3 Å². The molecule has 7 heteroatoms. The van der Waals surface area contributed by atoms with Gasteiger partial charge in [-0.05, 0) is 35.6 Å². The molecule has 1 aromatic carbocycles. The second-order valence-corrected chi connectivity index (χ2v) is 7.08. The number of rotatable bonds is 6. The maximum Gasteiger partial charge on any atom is 0.238 e. The van der Waals surface area contributed by atoms with E-state index in [0.29, 0.717) is 6.42 Å². The van der Waals surface area contributed by atoms with Crippen LogP contribution in [-0.4, -0.2) is 47.9 Å². The van der Waals surface area contributed by atoms with E-state index in [1.807, 2.05) is 23.2 Å². The van der Waals surface area contributed by atoms with Crippen molar-refractivity contribution in [3.8, 4) is 0 Å². The first-order chi connectivity index (χ1) is 13.5. The number of benzene rings is 1. The van der Waals surface area contributed by atoms with Gasteiger partial charge in [0.25, 0.3) is 0 Å². The number of nitrogens with zero attached hydrogens (tertiary/aromatic N) is 3. The van der Waals surface area contributed by atoms with Crippen LogP contribution in [0.3, 0.4) is 0 Å². The van der Waals surface area contributed by atoms with Crippen LogP contribution in [0.2, 0.25) is 0 Å². The highest BCUT2D eigenvalue weighted by molar-refractivity contribution is 5.77. The van der Waals surface area contributed by atoms with Gasteiger partial charge in [-0.15, -0.1) is 0 Å². The third-order valence-corrected chi connectivity index (χ3v) is 5.11. The highest BCUT2D eigenvalue weighted by Crippen LogP contribution is 2.16. The Kier molecular flexibility index (Phi) is 6.60. The molecule has 2 heterocycles. The van der Waals surface area contributed by atoms with Gasteiger partial charge in [-0.25, -0.2) is 10.8 Å². The molecule has 0 saturated carbocycles. The van der Waals surface area contributed by atoms with Crippen molar-refractivity contribution >= 4 is 17.6 Å². The number of aryl methyl sites for hydroxylation is 2. The van der Waals surface area contributed by atoms with Crippen LogP contribution in [0.4, 0.5) is 5.82 Å². The van der Waals surface area contributed by atoms with Gasteiger partial charge in [-0.1, -0.05) is 30.3 Å². The molecule has 1 aromatic heterocycles. The van der Waals surface area contributed by atoms with E-state index in [4.69, 9.17) is 5.84 Å². The second kappa shape index (κ2) is 9.32. The minimum absolute atomic E-state index is 0.138. The Labute approximate surface area is 165 Å². The number of hydrogen-bond donors (Lipinski definition) is 2. The minimum atomic E-state index is -0.193. The SMILES string of the molecule is CC(=O)N1CCN(c2ccc(CCc3ccc(CC(=O)NN)cc3)cn2)CC1. The van der Waals surface area contributed by atoms with Crippen molar-refractivity contribution in [1.82, 2.24) is 15.3 Å². The molecule has 1 saturated heterocycles. The molecule has 7 nitrogen and oxygen atoms in total. The van der Waals surface area contributed by atoms with Gasteiger partial charge in [-0.3, -0.25) is 15.0 Å². The molecule has 0 unspecified atom stereocenters. The standard InChI is InChI=1S/C21H27N5O2/c1-16(27)25-10-12-26(13-11-25)20-9-8-19(15-23-20)7-4-17-2-5-18(6-3-17)14-21(28)24-22/h2-3,5-6,8-9,15H,4,7,10-14,22H2,1H3,(H,24,28). The van der Waals surface area contributed by atoms with Crippen LogP contribution < -0.4 is 16.2 Å². The van der Waals surface area contributed by atoms with Gasteiger partial charge in [0.05, 0.1) is 6.42 Å². The van der Waals surface area contributed by atoms with Crippen molar-refractivity contribution in [2.75, 3.05) is 31.1 Å². The fourth-order valence-corrected chi connectivity index (χ4v) is 3.35. The lowest BCUT2D eigenvalue weighted by molar-refractivity contribution is -0.129. The Bertz CT molecular complexity index is 797. The van der Waals surface area contributed by atoms with Crippen molar-refractivity contribution in [2.45, 2.75) is 26.2 Å². The van der Waals surface area contributed by atoms with E-state index in [0.717, 1.165) is 50.4 Å². The summed E-state index contributed by atoms with van der Waals surface area (Å²) in [5.74, 6) is 6.03. The lowest BCUT2D eigenvalue weighted by atomic mass is 10.0. The Morgan fingerprint density at radius 2 is 1.57 bits per heavy atom. The number of amides is 2. The maximum absolute atomic E-state index is 11.4. The topological polar surface area (TPSA) is 91.6 Å². The van der Waals surface area contributed by atoms with E-state index < -0.39 is 0 Å². The van der Waals surface area contributed by atoms with Crippen LogP contribution in [-0.2, 0) is 28.9 Å². The molecule has 0 aliphatic carbocycles. The van der Waals surface area contributed by atoms with Crippen LogP contribution in [0, 0.1) is 0 Å². The van der Waals surface area contributed by atoms with E-state index >= 15 is 0 Å². The van der Waals surface area contributed by atoms with Gasteiger partial charge in [0.1, 0.15) is 5.82 Å². The highest BCUT2D eigenvalue weighted by Gasteiger charge is 2.19. The summed E-state index contributed by atoms with van der Waals surface area (Å²) in [7, 11) is 0. The fourth-order valence-electron chi connectivity index (χ4n) is 3.35. The highest BCUT2D eigenvalue weighted by atomic mass is 16.2. The van der Waals surface area contributed by atoms with Gasteiger partial charge < -0.3 is 9.80 Å². The zero-order chi connectivity index (χ0) is 19.9. The molecule has 0 atom stereocenters. The summed E-state index contributed by atoms with van der Waals surface area (Å²) in [6, 6.07) is 12.2. The molecule has 1 aliphatic rings. The number of hydrogen-bond acceptors (Lipinski definition) is 5. The second-order valence-electron chi connectivity index (χ2n) is 7.08. The van der Waals surface area contributed by atoms with E-state index in [-0.39, 0.29) is 11.8 Å². The summed E-state index contributed by atoms with van der Waals surface area (Å²) < 4.78 is 0. The van der Waals surface area contributed by atoms with Crippen LogP contribution in [0.25, 0.3) is 0 Å². The molecule has 28 heavy (non-hydrogen) atoms. The number of carbonyl (C=O) groups excluding carboxylic acids is 2. The van der Waals surface area contributed by atoms with E-state index in [2.05, 4.69) is 39.6 Å². The summed E-state index contributed by atoms with van der Waals surface area (Å²) in [6.45, 7) is 4.76. The van der Waals surface area contributed by atoms with Crippen molar-refractivity contribution in [2.24, 2.45) is 5.84 Å². The Morgan fingerprint density at radius 1 is 0.964 bits per heavy atom. The Morgan fingerprint density at radius 3 is 2.14 bits per heavy atom. The number of aromatic nitrogens is 1. The molecular weight excluding hydrogens is 354 g/mol. The molecule has 0 radical (unpaired) electrons. The fraction of sp³-hybridized carbons (Fsp3) is 0.381. The zero-order valence-corrected chi connectivity index (χ0v) is 16.2. The van der Waals surface area contributed by atoms with Crippen molar-refractivity contribution in [3.05, 3.63) is 59.3 Å². The van der Waals surface area contributed by atoms with Crippen LogP contribution in [0.1, 0.15) is 23.6 Å². The van der Waals surface area contributed by atoms with E-state index in [1.54, 1.807) is 6.92 Å². The number of piperazine rings is 1. The Hall–Kier alpha value is -2.93. The molecule has 3 rings (SSSR count). The predicted octanol–water partition coefficient (Wildman–Crippen LogP) is 1.07. The molecule has 2 amide bonds. The Balaban J connectivity index is 1.49. The van der Waals surface area contributed by atoms with E-state index in [9.17, 15) is 9.59 Å². The zero-order valence-electron chi connectivity index (χ0n) is 16.2. The monoisotopic (exact) mass is 381 g/mol. The largest absolute Gasteiger partial charge is 0.353 e. The van der Waals surface area contributed by atoms with E-state index in [1.165, 1.54) is 11.1 Å². The lowest BCUT2D eigenvalue weighted by Crippen LogP contribution is -2.48. The molecule has 3 N–H and O–H groups in total. The average molecular weight is 381 g/mol. The number of anilines is 1. The normalized spacial score (nSPS) is 14.1. The van der Waals surface area contributed by atoms with Gasteiger partial charge in [0.15, 0.2) is 0 Å². The van der Waals surface area contributed by atoms with Crippen LogP contribution in [0.15, 0.2) is 42.6 Å². The quantitative estimate of drug-likeness (QED) is 0.444. The summed E-state index contributed by atoms with van der Waals surface area (Å²) in [6.07, 6.45) is 4.06. The molecular formula is C21H27N5O2. The third kappa shape index (κ3) is 5.29. The first-order valence-corrected chi connectivity index (χ1v) is 9.58. The molecule has 2 aromatic rings. The summed E-state index contributed by atoms with van der Waals surface area (Å²) in [5, 5.41) is 0. The smallest absolute Gasteiger partial charge is 0.238 e. The third-order valence-electron chi connectivity index (χ3n) is 5.11. The number of pyridine rings is 1. The predicted molar refractivity (Wildman–Crippen MR) is 109 cm³/mol. The first kappa shape index (κ1) is 19.8.